The van der Waals surface area contributed by atoms with Gasteiger partial charge in [0.05, 0.1) is 13.9 Å². The van der Waals surface area contributed by atoms with Gasteiger partial charge in [0.25, 0.3) is 0 Å². The van der Waals surface area contributed by atoms with Crippen LogP contribution in [0.2, 0.25) is 0 Å². The molecule has 0 spiro atoms. The molecular weight excluding hydrogens is 207 g/mol. The molecule has 0 heterocycles. The van der Waals surface area contributed by atoms with Crippen LogP contribution in [0.4, 0.5) is 0 Å². The number of ketones is 1. The van der Waals surface area contributed by atoms with Crippen LogP contribution in [-0.4, -0.2) is 11.9 Å². The molecular formula is C8H13O5P-2. The molecule has 1 fully saturated rings. The van der Waals surface area contributed by atoms with Crippen LogP contribution in [0.1, 0.15) is 26.7 Å². The van der Waals surface area contributed by atoms with Crippen LogP contribution in [-0.2, 0) is 13.9 Å². The van der Waals surface area contributed by atoms with Crippen molar-refractivity contribution in [2.24, 2.45) is 11.8 Å². The Hall–Kier alpha value is -0.220. The van der Waals surface area contributed by atoms with Crippen LogP contribution in [0.5, 0.6) is 0 Å². The third-order valence-corrected chi connectivity index (χ3v) is 2.90. The molecule has 0 aliphatic heterocycles. The predicted molar refractivity (Wildman–Crippen MR) is 45.0 cm³/mol. The van der Waals surface area contributed by atoms with E-state index >= 15 is 0 Å². The van der Waals surface area contributed by atoms with E-state index in [2.05, 4.69) is 4.52 Å². The second-order valence-electron chi connectivity index (χ2n) is 3.90. The van der Waals surface area contributed by atoms with E-state index in [9.17, 15) is 19.1 Å². The number of hydrogen-bond donors (Lipinski definition) is 0. The summed E-state index contributed by atoms with van der Waals surface area (Å²) in [4.78, 5) is 31.8. The smallest absolute Gasteiger partial charge is 0.138 e. The van der Waals surface area contributed by atoms with E-state index in [1.807, 2.05) is 0 Å². The van der Waals surface area contributed by atoms with Crippen molar-refractivity contribution < 1.29 is 23.7 Å². The Morgan fingerprint density at radius 2 is 1.93 bits per heavy atom. The first-order chi connectivity index (χ1) is 6.29. The van der Waals surface area contributed by atoms with Gasteiger partial charge in [0.15, 0.2) is 0 Å². The highest BCUT2D eigenvalue weighted by molar-refractivity contribution is 7.43. The van der Waals surface area contributed by atoms with E-state index in [4.69, 9.17) is 0 Å². The molecule has 1 rings (SSSR count). The molecule has 6 heteroatoms. The van der Waals surface area contributed by atoms with Gasteiger partial charge >= 0.3 is 0 Å². The molecule has 14 heavy (non-hydrogen) atoms. The average molecular weight is 220 g/mol. The van der Waals surface area contributed by atoms with Crippen molar-refractivity contribution in [2.45, 2.75) is 32.8 Å². The van der Waals surface area contributed by atoms with Crippen LogP contribution in [0.15, 0.2) is 0 Å². The van der Waals surface area contributed by atoms with Crippen molar-refractivity contribution in [3.8, 4) is 0 Å². The Kier molecular flexibility index (Phi) is 3.48. The maximum absolute atomic E-state index is 11.4. The van der Waals surface area contributed by atoms with E-state index in [1.165, 1.54) is 0 Å². The topological polar surface area (TPSA) is 89.5 Å². The lowest BCUT2D eigenvalue weighted by Crippen LogP contribution is -2.39. The summed E-state index contributed by atoms with van der Waals surface area (Å²) in [6.45, 7) is 3.59. The molecule has 0 aromatic heterocycles. The van der Waals surface area contributed by atoms with Gasteiger partial charge in [0.1, 0.15) is 5.78 Å². The molecule has 0 atom stereocenters. The summed E-state index contributed by atoms with van der Waals surface area (Å²) >= 11 is 0. The molecule has 0 unspecified atom stereocenters. The number of phosphoric ester groups is 1. The predicted octanol–water partition coefficient (Wildman–Crippen LogP) is -0.165. The highest BCUT2D eigenvalue weighted by Gasteiger charge is 2.36. The Morgan fingerprint density at radius 3 is 2.29 bits per heavy atom. The fourth-order valence-corrected chi connectivity index (χ4v) is 2.08. The van der Waals surface area contributed by atoms with Crippen molar-refractivity contribution in [1.82, 2.24) is 0 Å². The zero-order chi connectivity index (χ0) is 10.9. The van der Waals surface area contributed by atoms with Gasteiger partial charge in [-0.1, -0.05) is 13.8 Å². The summed E-state index contributed by atoms with van der Waals surface area (Å²) in [5.74, 6) is -0.0738. The number of Topliss-reactive ketones (excluding diaryl/α,β-unsaturated/α-hetero) is 1. The molecule has 0 saturated heterocycles. The normalized spacial score (nSPS) is 27.5. The second kappa shape index (κ2) is 4.11. The average Bonchev–Trinajstić information content (AvgIpc) is 1.92. The van der Waals surface area contributed by atoms with Crippen LogP contribution < -0.4 is 9.79 Å². The van der Waals surface area contributed by atoms with Crippen molar-refractivity contribution in [2.75, 3.05) is 0 Å². The fourth-order valence-electron chi connectivity index (χ4n) is 1.54. The molecule has 0 aromatic carbocycles. The van der Waals surface area contributed by atoms with Crippen molar-refractivity contribution in [3.05, 3.63) is 0 Å². The van der Waals surface area contributed by atoms with Gasteiger partial charge in [-0.25, -0.2) is 0 Å². The molecule has 1 aliphatic rings. The monoisotopic (exact) mass is 220 g/mol. The lowest BCUT2D eigenvalue weighted by atomic mass is 9.76. The quantitative estimate of drug-likeness (QED) is 0.614. The summed E-state index contributed by atoms with van der Waals surface area (Å²) in [6, 6.07) is 0. The Labute approximate surface area is 82.7 Å². The molecule has 82 valence electrons. The maximum atomic E-state index is 11.4. The molecule has 1 saturated carbocycles. The molecule has 1 aliphatic carbocycles. The number of carbonyl (C=O) groups is 1. The summed E-state index contributed by atoms with van der Waals surface area (Å²) < 4.78 is 14.4. The third-order valence-electron chi connectivity index (χ3n) is 2.34. The van der Waals surface area contributed by atoms with E-state index in [1.54, 1.807) is 13.8 Å². The van der Waals surface area contributed by atoms with Gasteiger partial charge in [-0.05, 0) is 12.8 Å². The first-order valence-corrected chi connectivity index (χ1v) is 6.00. The number of phosphoric acid groups is 1. The van der Waals surface area contributed by atoms with Crippen molar-refractivity contribution in [1.29, 1.82) is 0 Å². The first kappa shape index (κ1) is 11.9. The summed E-state index contributed by atoms with van der Waals surface area (Å²) in [5, 5.41) is 0. The minimum atomic E-state index is -4.88. The highest BCUT2D eigenvalue weighted by atomic mass is 31.2. The van der Waals surface area contributed by atoms with E-state index in [0.29, 0.717) is 12.8 Å². The van der Waals surface area contributed by atoms with E-state index in [0.717, 1.165) is 0 Å². The van der Waals surface area contributed by atoms with Crippen LogP contribution in [0.25, 0.3) is 0 Å². The van der Waals surface area contributed by atoms with E-state index < -0.39 is 13.9 Å². The minimum Gasteiger partial charge on any atom is -0.790 e. The first-order valence-electron chi connectivity index (χ1n) is 4.54. The van der Waals surface area contributed by atoms with Gasteiger partial charge in [-0.3, -0.25) is 4.79 Å². The van der Waals surface area contributed by atoms with Crippen molar-refractivity contribution >= 4 is 13.6 Å². The minimum absolute atomic E-state index is 0.0488. The Morgan fingerprint density at radius 1 is 1.43 bits per heavy atom. The zero-order valence-electron chi connectivity index (χ0n) is 8.13. The van der Waals surface area contributed by atoms with Gasteiger partial charge in [0, 0.05) is 11.8 Å². The Balaban J connectivity index is 2.31. The molecule has 0 N–H and O–H groups in total. The van der Waals surface area contributed by atoms with E-state index in [-0.39, 0.29) is 17.6 Å². The summed E-state index contributed by atoms with van der Waals surface area (Å²) in [6.07, 6.45) is 0.125. The number of carbonyl (C=O) groups excluding carboxylic acids is 1. The largest absolute Gasteiger partial charge is 0.790 e. The lowest BCUT2D eigenvalue weighted by Gasteiger charge is -2.41. The summed E-state index contributed by atoms with van der Waals surface area (Å²) in [5.41, 5.74) is 0. The Bertz CT molecular complexity index is 263. The lowest BCUT2D eigenvalue weighted by molar-refractivity contribution is -0.347. The van der Waals surface area contributed by atoms with Gasteiger partial charge in [-0.2, -0.15) is 0 Å². The SMILES string of the molecule is CC(C)C(=O)C1CC(OP(=O)([O-])[O-])C1. The van der Waals surface area contributed by atoms with Crippen LogP contribution >= 0.6 is 7.82 Å². The summed E-state index contributed by atoms with van der Waals surface area (Å²) in [7, 11) is -4.88. The van der Waals surface area contributed by atoms with Crippen molar-refractivity contribution in [3.63, 3.8) is 0 Å². The fraction of sp³-hybridized carbons (Fsp3) is 0.875. The van der Waals surface area contributed by atoms with Gasteiger partial charge in [-0.15, -0.1) is 0 Å². The highest BCUT2D eigenvalue weighted by Crippen LogP contribution is 2.40. The molecule has 5 nitrogen and oxygen atoms in total. The molecule has 0 aromatic rings. The number of hydrogen-bond acceptors (Lipinski definition) is 5. The second-order valence-corrected chi connectivity index (χ2v) is 5.01. The third kappa shape index (κ3) is 3.17. The maximum Gasteiger partial charge on any atom is 0.138 e. The molecule has 0 amide bonds. The zero-order valence-corrected chi connectivity index (χ0v) is 9.03. The number of rotatable bonds is 4. The molecule has 0 bridgehead atoms. The van der Waals surface area contributed by atoms with Gasteiger partial charge < -0.3 is 18.9 Å². The van der Waals surface area contributed by atoms with Crippen LogP contribution in [0.3, 0.4) is 0 Å². The van der Waals surface area contributed by atoms with Gasteiger partial charge in [0.2, 0.25) is 0 Å². The van der Waals surface area contributed by atoms with Crippen LogP contribution in [0, 0.1) is 11.8 Å². The standard InChI is InChI=1S/C8H15O5P/c1-5(2)8(9)6-3-7(4-6)13-14(10,11)12/h5-7H,3-4H2,1-2H3,(H2,10,11,12)/p-2. The molecule has 0 radical (unpaired) electrons.